The van der Waals surface area contributed by atoms with E-state index in [-0.39, 0.29) is 0 Å². The number of alkyl halides is 1. The monoisotopic (exact) mass is 278 g/mol. The Kier molecular flexibility index (Phi) is 11.4. The van der Waals surface area contributed by atoms with Gasteiger partial charge in [0.25, 0.3) is 0 Å². The van der Waals surface area contributed by atoms with Crippen LogP contribution in [-0.2, 0) is 0 Å². The van der Waals surface area contributed by atoms with Crippen molar-refractivity contribution in [3.8, 4) is 0 Å². The molecule has 0 spiro atoms. The van der Waals surface area contributed by atoms with Crippen molar-refractivity contribution in [3.05, 3.63) is 24.3 Å². The maximum Gasteiger partial charge on any atom is -0.000178 e. The summed E-state index contributed by atoms with van der Waals surface area (Å²) in [6, 6.07) is 0. The minimum Gasteiger partial charge on any atom is -0.0864 e. The molecule has 0 radical (unpaired) electrons. The first-order chi connectivity index (χ1) is 5.91. The maximum absolute atomic E-state index is 2.41. The number of hydrogen-bond donors (Lipinski definition) is 0. The zero-order valence-electron chi connectivity index (χ0n) is 7.93. The van der Waals surface area contributed by atoms with Crippen molar-refractivity contribution in [1.82, 2.24) is 0 Å². The molecule has 0 aliphatic carbocycles. The highest BCUT2D eigenvalue weighted by Gasteiger charge is 1.77. The van der Waals surface area contributed by atoms with Gasteiger partial charge in [0, 0.05) is 0 Å². The van der Waals surface area contributed by atoms with E-state index in [4.69, 9.17) is 0 Å². The van der Waals surface area contributed by atoms with Crippen molar-refractivity contribution in [2.75, 3.05) is 4.43 Å². The van der Waals surface area contributed by atoms with Gasteiger partial charge in [-0.2, -0.15) is 0 Å². The summed E-state index contributed by atoms with van der Waals surface area (Å²) in [6.45, 7) is 2.23. The summed E-state index contributed by atoms with van der Waals surface area (Å²) in [4.78, 5) is 0. The zero-order valence-corrected chi connectivity index (χ0v) is 10.1. The van der Waals surface area contributed by atoms with E-state index in [0.29, 0.717) is 0 Å². The van der Waals surface area contributed by atoms with Crippen molar-refractivity contribution < 1.29 is 0 Å². The molecule has 0 aliphatic rings. The highest BCUT2D eigenvalue weighted by molar-refractivity contribution is 14.1. The summed E-state index contributed by atoms with van der Waals surface area (Å²) < 4.78 is 1.27. The molecule has 0 atom stereocenters. The highest BCUT2D eigenvalue weighted by Crippen LogP contribution is 1.97. The molecule has 0 aromatic heterocycles. The van der Waals surface area contributed by atoms with Crippen LogP contribution in [0.3, 0.4) is 0 Å². The van der Waals surface area contributed by atoms with E-state index in [1.807, 2.05) is 0 Å². The lowest BCUT2D eigenvalue weighted by atomic mass is 10.2. The van der Waals surface area contributed by atoms with E-state index in [2.05, 4.69) is 53.8 Å². The number of allylic oxidation sites excluding steroid dienone is 4. The van der Waals surface area contributed by atoms with Crippen LogP contribution in [0, 0.1) is 0 Å². The second-order valence-corrected chi connectivity index (χ2v) is 3.91. The van der Waals surface area contributed by atoms with Gasteiger partial charge in [-0.3, -0.25) is 0 Å². The smallest absolute Gasteiger partial charge is 0.000178 e. The molecule has 0 aromatic carbocycles. The molecule has 0 saturated heterocycles. The van der Waals surface area contributed by atoms with Crippen LogP contribution in [0.2, 0.25) is 0 Å². The number of hydrogen-bond acceptors (Lipinski definition) is 0. The Morgan fingerprint density at radius 2 is 1.58 bits per heavy atom. The molecule has 0 N–H and O–H groups in total. The van der Waals surface area contributed by atoms with Crippen molar-refractivity contribution >= 4 is 22.6 Å². The van der Waals surface area contributed by atoms with Crippen LogP contribution in [0.4, 0.5) is 0 Å². The Morgan fingerprint density at radius 1 is 1.00 bits per heavy atom. The van der Waals surface area contributed by atoms with Crippen molar-refractivity contribution in [3.63, 3.8) is 0 Å². The topological polar surface area (TPSA) is 0 Å². The fraction of sp³-hybridized carbons (Fsp3) is 0.636. The molecule has 12 heavy (non-hydrogen) atoms. The van der Waals surface area contributed by atoms with Crippen molar-refractivity contribution in [2.45, 2.75) is 39.0 Å². The lowest BCUT2D eigenvalue weighted by Gasteiger charge is -1.86. The van der Waals surface area contributed by atoms with Crippen LogP contribution < -0.4 is 0 Å². The molecule has 0 saturated carbocycles. The van der Waals surface area contributed by atoms with Crippen molar-refractivity contribution in [2.24, 2.45) is 0 Å². The van der Waals surface area contributed by atoms with Gasteiger partial charge >= 0.3 is 0 Å². The molecule has 0 fully saturated rings. The first kappa shape index (κ1) is 12.2. The fourth-order valence-electron chi connectivity index (χ4n) is 0.867. The van der Waals surface area contributed by atoms with Crippen LogP contribution in [0.15, 0.2) is 24.3 Å². The van der Waals surface area contributed by atoms with E-state index in [0.717, 1.165) is 0 Å². The number of rotatable bonds is 7. The third-order valence-corrected chi connectivity index (χ3v) is 2.37. The molecule has 0 unspecified atom stereocenters. The van der Waals surface area contributed by atoms with Gasteiger partial charge in [0.2, 0.25) is 0 Å². The van der Waals surface area contributed by atoms with E-state index >= 15 is 0 Å². The fourth-order valence-corrected chi connectivity index (χ4v) is 1.31. The molecule has 0 nitrogen and oxygen atoms in total. The van der Waals surface area contributed by atoms with Gasteiger partial charge in [0.05, 0.1) is 0 Å². The van der Waals surface area contributed by atoms with E-state index in [9.17, 15) is 0 Å². The summed E-state index contributed by atoms with van der Waals surface area (Å²) in [7, 11) is 0. The Labute approximate surface area is 90.3 Å². The summed E-state index contributed by atoms with van der Waals surface area (Å²) in [5.74, 6) is 0. The van der Waals surface area contributed by atoms with Gasteiger partial charge in [-0.05, 0) is 23.7 Å². The lowest BCUT2D eigenvalue weighted by molar-refractivity contribution is 0.815. The molecule has 0 bridgehead atoms. The first-order valence-corrected chi connectivity index (χ1v) is 6.32. The molecule has 0 heterocycles. The second kappa shape index (κ2) is 11.2. The Bertz CT molecular complexity index is 109. The normalized spacial score (nSPS) is 11.8. The Balaban J connectivity index is 3.15. The van der Waals surface area contributed by atoms with Gasteiger partial charge in [0.1, 0.15) is 0 Å². The van der Waals surface area contributed by atoms with E-state index < -0.39 is 0 Å². The van der Waals surface area contributed by atoms with E-state index in [1.54, 1.807) is 0 Å². The minimum absolute atomic E-state index is 1.22. The second-order valence-electron chi connectivity index (χ2n) is 2.83. The first-order valence-electron chi connectivity index (χ1n) is 4.79. The van der Waals surface area contributed by atoms with Crippen molar-refractivity contribution in [1.29, 1.82) is 0 Å². The lowest BCUT2D eigenvalue weighted by Crippen LogP contribution is -1.69. The SMILES string of the molecule is CCCC/C=C/C=C/CCCI. The zero-order chi connectivity index (χ0) is 9.07. The van der Waals surface area contributed by atoms with E-state index in [1.165, 1.54) is 36.5 Å². The van der Waals surface area contributed by atoms with Gasteiger partial charge < -0.3 is 0 Å². The molecule has 0 aliphatic heterocycles. The largest absolute Gasteiger partial charge is 0.0864 e. The quantitative estimate of drug-likeness (QED) is 0.278. The van der Waals surface area contributed by atoms with Gasteiger partial charge in [-0.1, -0.05) is 66.7 Å². The number of unbranched alkanes of at least 4 members (excludes halogenated alkanes) is 3. The molecule has 70 valence electrons. The molecule has 0 aromatic rings. The predicted molar refractivity (Wildman–Crippen MR) is 65.9 cm³/mol. The van der Waals surface area contributed by atoms with Crippen LogP contribution in [0.25, 0.3) is 0 Å². The van der Waals surface area contributed by atoms with Crippen LogP contribution in [-0.4, -0.2) is 4.43 Å². The summed E-state index contributed by atoms with van der Waals surface area (Å²) in [6.07, 6.45) is 15.2. The minimum atomic E-state index is 1.22. The average Bonchev–Trinajstić information content (AvgIpc) is 2.10. The van der Waals surface area contributed by atoms with Gasteiger partial charge in [-0.25, -0.2) is 0 Å². The summed E-state index contributed by atoms with van der Waals surface area (Å²) >= 11 is 2.41. The molecule has 0 amide bonds. The van der Waals surface area contributed by atoms with Gasteiger partial charge in [0.15, 0.2) is 0 Å². The molecule has 1 heteroatoms. The molecular weight excluding hydrogens is 259 g/mol. The maximum atomic E-state index is 2.41. The Hall–Kier alpha value is 0.210. The molecular formula is C11H19I. The summed E-state index contributed by atoms with van der Waals surface area (Å²) in [5.41, 5.74) is 0. The standard InChI is InChI=1S/C11H19I/c1-2-3-4-5-6-7-8-9-10-11-12/h5-8H,2-4,9-11H2,1H3/b6-5+,8-7+. The molecule has 0 rings (SSSR count). The third-order valence-electron chi connectivity index (χ3n) is 1.61. The number of halogens is 1. The predicted octanol–water partition coefficient (Wildman–Crippen LogP) is 4.50. The highest BCUT2D eigenvalue weighted by atomic mass is 127. The van der Waals surface area contributed by atoms with Crippen LogP contribution in [0.1, 0.15) is 39.0 Å². The van der Waals surface area contributed by atoms with Gasteiger partial charge in [-0.15, -0.1) is 0 Å². The third kappa shape index (κ3) is 10.2. The van der Waals surface area contributed by atoms with Crippen LogP contribution in [0.5, 0.6) is 0 Å². The Morgan fingerprint density at radius 3 is 2.08 bits per heavy atom. The van der Waals surface area contributed by atoms with Crippen LogP contribution >= 0.6 is 22.6 Å². The average molecular weight is 278 g/mol. The summed E-state index contributed by atoms with van der Waals surface area (Å²) in [5, 5.41) is 0.